The summed E-state index contributed by atoms with van der Waals surface area (Å²) in [4.78, 5) is 27.0. The Morgan fingerprint density at radius 3 is 1.68 bits per heavy atom. The van der Waals surface area contributed by atoms with Crippen LogP contribution in [-0.2, 0) is 46.0 Å². The van der Waals surface area contributed by atoms with Crippen molar-refractivity contribution in [3.63, 3.8) is 0 Å². The molecule has 0 fully saturated rings. The van der Waals surface area contributed by atoms with E-state index in [1.165, 1.54) is 30.5 Å². The Bertz CT molecular complexity index is 2450. The largest absolute Gasteiger partial charge is 0.383 e. The van der Waals surface area contributed by atoms with Gasteiger partial charge in [0.25, 0.3) is 11.8 Å². The molecule has 300 valence electrons. The number of nitrogens with zero attached hydrogens (tertiary/aromatic N) is 6. The van der Waals surface area contributed by atoms with Crippen molar-refractivity contribution in [3.8, 4) is 0 Å². The monoisotopic (exact) mass is 806 g/mol. The average molecular weight is 807 g/mol. The second-order valence-electron chi connectivity index (χ2n) is 16.5. The summed E-state index contributed by atoms with van der Waals surface area (Å²) in [6.45, 7) is 9.18. The number of hydrogen-bond donors (Lipinski definition) is 4. The van der Waals surface area contributed by atoms with Gasteiger partial charge >= 0.3 is 0 Å². The Labute approximate surface area is 327 Å². The number of rotatable bonds is 4. The van der Waals surface area contributed by atoms with Gasteiger partial charge in [-0.3, -0.25) is 9.59 Å². The van der Waals surface area contributed by atoms with Crippen molar-refractivity contribution in [2.24, 2.45) is 0 Å². The predicted octanol–water partition coefficient (Wildman–Crippen LogP) is 3.60. The average Bonchev–Trinajstić information content (AvgIpc) is 3.64. The van der Waals surface area contributed by atoms with Gasteiger partial charge in [0.05, 0.1) is 48.8 Å². The summed E-state index contributed by atoms with van der Waals surface area (Å²) >= 11 is 0. The number of hydrogen-bond acceptors (Lipinski definition) is 12. The summed E-state index contributed by atoms with van der Waals surface area (Å²) in [5.41, 5.74) is 18.2. The van der Waals surface area contributed by atoms with Gasteiger partial charge < -0.3 is 22.1 Å². The number of nitrogens with two attached hydrogens (primary N) is 2. The number of sulfonamides is 2. The van der Waals surface area contributed by atoms with Gasteiger partial charge in [0, 0.05) is 46.7 Å². The lowest BCUT2D eigenvalue weighted by Gasteiger charge is -2.38. The third-order valence-electron chi connectivity index (χ3n) is 11.1. The van der Waals surface area contributed by atoms with Gasteiger partial charge in [0.2, 0.25) is 20.0 Å². The van der Waals surface area contributed by atoms with Crippen molar-refractivity contribution >= 4 is 54.9 Å². The molecule has 6 heterocycles. The van der Waals surface area contributed by atoms with Crippen LogP contribution in [0.2, 0.25) is 0 Å². The van der Waals surface area contributed by atoms with E-state index in [2.05, 4.69) is 48.5 Å². The van der Waals surface area contributed by atoms with Gasteiger partial charge in [-0.05, 0) is 76.6 Å². The Balaban J connectivity index is 0.000000172. The number of nitrogens with one attached hydrogen (secondary N) is 2. The molecule has 4 aliphatic rings. The molecule has 2 atom stereocenters. The smallest absolute Gasteiger partial charge is 0.256 e. The number of para-hydroxylation sites is 2. The van der Waals surface area contributed by atoms with Crippen LogP contribution >= 0.6 is 0 Å². The lowest BCUT2D eigenvalue weighted by Crippen LogP contribution is -2.41. The van der Waals surface area contributed by atoms with Crippen molar-refractivity contribution < 1.29 is 26.4 Å². The number of anilines is 4. The Kier molecular flexibility index (Phi) is 9.86. The molecule has 2 unspecified atom stereocenters. The minimum absolute atomic E-state index is 0.111. The third-order valence-corrected chi connectivity index (χ3v) is 13.6. The number of carbonyl (C=O) groups is 2. The highest BCUT2D eigenvalue weighted by atomic mass is 32.2. The minimum Gasteiger partial charge on any atom is -0.383 e. The Hall–Kier alpha value is -4.78. The van der Waals surface area contributed by atoms with Crippen LogP contribution in [0.4, 0.5) is 23.0 Å². The normalized spacial score (nSPS) is 21.5. The summed E-state index contributed by atoms with van der Waals surface area (Å²) in [5.74, 6) is -0.489. The van der Waals surface area contributed by atoms with Gasteiger partial charge in [-0.2, -0.15) is 18.4 Å². The van der Waals surface area contributed by atoms with E-state index < -0.39 is 20.0 Å². The molecule has 0 saturated carbocycles. The van der Waals surface area contributed by atoms with Crippen LogP contribution in [0.3, 0.4) is 0 Å². The van der Waals surface area contributed by atoms with Gasteiger partial charge in [-0.1, -0.05) is 36.4 Å². The molecule has 0 aliphatic carbocycles. The molecule has 0 saturated heterocycles. The van der Waals surface area contributed by atoms with Crippen LogP contribution in [0, 0.1) is 0 Å². The second-order valence-corrected chi connectivity index (χ2v) is 20.5. The molecular formula is C38H50N10O6S2. The summed E-state index contributed by atoms with van der Waals surface area (Å²) < 4.78 is 53.1. The first-order valence-corrected chi connectivity index (χ1v) is 22.3. The van der Waals surface area contributed by atoms with E-state index >= 15 is 0 Å². The standard InChI is InChI=1S/2C19H25N5O3S/c1-19(2)10-14(12-6-4-5-7-15(12)21-19)18(25)24-16-11-23(28(3,26)27)9-8-13(16)17(20)22-24;1-19(2)10-14(12-6-4-5-7-15(12)21-19)18(25)24-17(20)13-8-9-23(28(3,26)27)11-16(13)22-24/h4-7,14,21H,8-11H2,1-3H3,(H2,20,22);4-7,14,21H,8-11,20H2,1-3H3. The molecular weight excluding hydrogens is 757 g/mol. The van der Waals surface area contributed by atoms with Gasteiger partial charge in [0.1, 0.15) is 11.6 Å². The molecule has 4 aliphatic heterocycles. The first kappa shape index (κ1) is 39.5. The maximum absolute atomic E-state index is 13.5. The van der Waals surface area contributed by atoms with Crippen LogP contribution in [0.15, 0.2) is 48.5 Å². The molecule has 6 N–H and O–H groups in total. The van der Waals surface area contributed by atoms with E-state index in [0.717, 1.165) is 33.6 Å². The van der Waals surface area contributed by atoms with E-state index in [1.54, 1.807) is 0 Å². The fraction of sp³-hybridized carbons (Fsp3) is 0.474. The van der Waals surface area contributed by atoms with Crippen LogP contribution in [-0.4, -0.2) is 93.5 Å². The minimum atomic E-state index is -3.36. The summed E-state index contributed by atoms with van der Waals surface area (Å²) in [5, 5.41) is 15.7. The molecule has 0 spiro atoms. The fourth-order valence-corrected chi connectivity index (χ4v) is 9.93. The predicted molar refractivity (Wildman–Crippen MR) is 215 cm³/mol. The first-order valence-electron chi connectivity index (χ1n) is 18.6. The van der Waals surface area contributed by atoms with Crippen LogP contribution < -0.4 is 22.1 Å². The molecule has 0 radical (unpaired) electrons. The van der Waals surface area contributed by atoms with Crippen molar-refractivity contribution in [1.29, 1.82) is 0 Å². The fourth-order valence-electron chi connectivity index (χ4n) is 8.37. The molecule has 2 aromatic carbocycles. The van der Waals surface area contributed by atoms with E-state index in [9.17, 15) is 26.4 Å². The molecule has 0 amide bonds. The molecule has 4 aromatic rings. The summed E-state index contributed by atoms with van der Waals surface area (Å²) in [6, 6.07) is 15.5. The maximum Gasteiger partial charge on any atom is 0.256 e. The van der Waals surface area contributed by atoms with E-state index in [-0.39, 0.29) is 47.8 Å². The topological polar surface area (TPSA) is 221 Å². The van der Waals surface area contributed by atoms with Crippen molar-refractivity contribution in [3.05, 3.63) is 82.2 Å². The van der Waals surface area contributed by atoms with Crippen molar-refractivity contribution in [2.45, 2.75) is 89.4 Å². The highest BCUT2D eigenvalue weighted by Crippen LogP contribution is 2.42. The lowest BCUT2D eigenvalue weighted by molar-refractivity contribution is 0.0834. The van der Waals surface area contributed by atoms with E-state index in [1.807, 2.05) is 48.5 Å². The molecule has 0 bridgehead atoms. The number of carbonyl (C=O) groups excluding carboxylic acids is 2. The lowest BCUT2D eigenvalue weighted by atomic mass is 9.80. The third kappa shape index (κ3) is 7.54. The molecule has 8 rings (SSSR count). The van der Waals surface area contributed by atoms with Gasteiger partial charge in [0.15, 0.2) is 0 Å². The van der Waals surface area contributed by atoms with Gasteiger partial charge in [-0.15, -0.1) is 5.10 Å². The number of nitrogen functional groups attached to an aromatic ring is 2. The van der Waals surface area contributed by atoms with Crippen LogP contribution in [0.1, 0.15) is 95.6 Å². The molecule has 2 aromatic heterocycles. The maximum atomic E-state index is 13.5. The Morgan fingerprint density at radius 2 is 1.16 bits per heavy atom. The zero-order valence-electron chi connectivity index (χ0n) is 32.5. The zero-order valence-corrected chi connectivity index (χ0v) is 34.2. The summed E-state index contributed by atoms with van der Waals surface area (Å²) in [7, 11) is -6.68. The second kappa shape index (κ2) is 14.0. The Morgan fingerprint density at radius 1 is 0.696 bits per heavy atom. The first-order chi connectivity index (χ1) is 26.1. The van der Waals surface area contributed by atoms with E-state index in [4.69, 9.17) is 11.5 Å². The number of aromatic nitrogens is 4. The SMILES string of the molecule is CC1(C)CC(C(=O)n2nc(N)c3c2CN(S(C)(=O)=O)CC3)c2ccccc2N1.CC1(C)CC(C(=O)n2nc3c(c2N)CCN(S(C)(=O)=O)C3)c2ccccc2N1. The quantitative estimate of drug-likeness (QED) is 0.233. The van der Waals surface area contributed by atoms with Crippen LogP contribution in [0.5, 0.6) is 0 Å². The highest BCUT2D eigenvalue weighted by molar-refractivity contribution is 7.88. The van der Waals surface area contributed by atoms with Crippen LogP contribution in [0.25, 0.3) is 0 Å². The highest BCUT2D eigenvalue weighted by Gasteiger charge is 2.40. The number of fused-ring (bicyclic) bond motifs is 4. The van der Waals surface area contributed by atoms with E-state index in [0.29, 0.717) is 61.8 Å². The van der Waals surface area contributed by atoms with Crippen molar-refractivity contribution in [2.75, 3.05) is 47.7 Å². The molecule has 18 heteroatoms. The zero-order chi connectivity index (χ0) is 40.5. The van der Waals surface area contributed by atoms with Gasteiger partial charge in [-0.25, -0.2) is 21.5 Å². The van der Waals surface area contributed by atoms with Crippen molar-refractivity contribution in [1.82, 2.24) is 28.2 Å². The molecule has 56 heavy (non-hydrogen) atoms. The summed E-state index contributed by atoms with van der Waals surface area (Å²) in [6.07, 6.45) is 4.48. The number of benzene rings is 2. The molecule has 16 nitrogen and oxygen atoms in total.